The minimum absolute atomic E-state index is 0.407. The van der Waals surface area contributed by atoms with E-state index >= 15 is 0 Å². The molecule has 84 valence electrons. The van der Waals surface area contributed by atoms with Crippen LogP contribution in [0.15, 0.2) is 23.4 Å². The largest absolute Gasteiger partial charge is 0.389 e. The summed E-state index contributed by atoms with van der Waals surface area (Å²) in [6.45, 7) is 6.22. The number of rotatable bonds is 5. The quantitative estimate of drug-likeness (QED) is 0.781. The molecule has 1 aromatic rings. The van der Waals surface area contributed by atoms with Crippen molar-refractivity contribution in [2.45, 2.75) is 38.3 Å². The smallest absolute Gasteiger partial charge is 0.0963 e. The minimum Gasteiger partial charge on any atom is -0.389 e. The van der Waals surface area contributed by atoms with Crippen molar-refractivity contribution in [3.63, 3.8) is 0 Å². The molecule has 0 aliphatic heterocycles. The first-order chi connectivity index (χ1) is 7.13. The molecule has 1 aromatic heterocycles. The van der Waals surface area contributed by atoms with E-state index in [1.807, 2.05) is 12.1 Å². The zero-order chi connectivity index (χ0) is 11.3. The second kappa shape index (κ2) is 6.13. The van der Waals surface area contributed by atoms with Gasteiger partial charge >= 0.3 is 0 Å². The summed E-state index contributed by atoms with van der Waals surface area (Å²) in [5.41, 5.74) is 0.941. The minimum atomic E-state index is -0.407. The Balaban J connectivity index is 2.58. The normalized spacial score (nSPS) is 14.9. The number of hydrogen-bond acceptors (Lipinski definition) is 3. The van der Waals surface area contributed by atoms with E-state index in [9.17, 15) is 5.11 Å². The van der Waals surface area contributed by atoms with Crippen LogP contribution >= 0.6 is 11.8 Å². The van der Waals surface area contributed by atoms with E-state index < -0.39 is 6.10 Å². The van der Waals surface area contributed by atoms with Gasteiger partial charge in [0.2, 0.25) is 0 Å². The van der Waals surface area contributed by atoms with Crippen LogP contribution in [0.3, 0.4) is 0 Å². The molecule has 1 heterocycles. The van der Waals surface area contributed by atoms with E-state index in [1.54, 1.807) is 24.9 Å². The Morgan fingerprint density at radius 2 is 2.20 bits per heavy atom. The highest BCUT2D eigenvalue weighted by Crippen LogP contribution is 2.22. The molecule has 0 saturated heterocycles. The SMILES string of the molecule is CCC(C)CSc1cc(C(C)O)ccn1. The lowest BCUT2D eigenvalue weighted by Crippen LogP contribution is -1.97. The number of aliphatic hydroxyl groups excluding tert-OH is 1. The average Bonchev–Trinajstić information content (AvgIpc) is 2.26. The van der Waals surface area contributed by atoms with E-state index in [-0.39, 0.29) is 0 Å². The highest BCUT2D eigenvalue weighted by molar-refractivity contribution is 7.99. The number of thioether (sulfide) groups is 1. The summed E-state index contributed by atoms with van der Waals surface area (Å²) in [7, 11) is 0. The molecule has 0 aliphatic carbocycles. The third-order valence-corrected chi connectivity index (χ3v) is 3.71. The maximum Gasteiger partial charge on any atom is 0.0963 e. The van der Waals surface area contributed by atoms with Gasteiger partial charge in [0.15, 0.2) is 0 Å². The van der Waals surface area contributed by atoms with Crippen molar-refractivity contribution >= 4 is 11.8 Å². The number of hydrogen-bond donors (Lipinski definition) is 1. The van der Waals surface area contributed by atoms with Gasteiger partial charge in [-0.1, -0.05) is 20.3 Å². The van der Waals surface area contributed by atoms with E-state index in [1.165, 1.54) is 6.42 Å². The zero-order valence-corrected chi connectivity index (χ0v) is 10.4. The summed E-state index contributed by atoms with van der Waals surface area (Å²) in [5, 5.41) is 10.4. The molecular formula is C12H19NOS. The summed E-state index contributed by atoms with van der Waals surface area (Å²) in [6, 6.07) is 3.83. The summed E-state index contributed by atoms with van der Waals surface area (Å²) >= 11 is 1.76. The molecule has 2 unspecified atom stereocenters. The van der Waals surface area contributed by atoms with Gasteiger partial charge in [0, 0.05) is 11.9 Å². The van der Waals surface area contributed by atoms with Gasteiger partial charge in [0.05, 0.1) is 11.1 Å². The van der Waals surface area contributed by atoms with Crippen LogP contribution in [0.5, 0.6) is 0 Å². The van der Waals surface area contributed by atoms with E-state index in [2.05, 4.69) is 18.8 Å². The third-order valence-electron chi connectivity index (χ3n) is 2.45. The zero-order valence-electron chi connectivity index (χ0n) is 9.60. The summed E-state index contributed by atoms with van der Waals surface area (Å²) in [6.07, 6.45) is 2.56. The lowest BCUT2D eigenvalue weighted by atomic mass is 10.2. The van der Waals surface area contributed by atoms with Crippen LogP contribution in [0.2, 0.25) is 0 Å². The summed E-state index contributed by atoms with van der Waals surface area (Å²) in [5.74, 6) is 1.80. The molecule has 2 nitrogen and oxygen atoms in total. The molecule has 0 bridgehead atoms. The number of aliphatic hydroxyl groups is 1. The molecule has 0 saturated carbocycles. The molecule has 2 atom stereocenters. The van der Waals surface area contributed by atoms with Gasteiger partial charge in [-0.05, 0) is 30.5 Å². The van der Waals surface area contributed by atoms with Gasteiger partial charge in [-0.3, -0.25) is 0 Å². The Bertz CT molecular complexity index is 301. The Kier molecular flexibility index (Phi) is 5.12. The van der Waals surface area contributed by atoms with Crippen LogP contribution in [0.1, 0.15) is 38.9 Å². The predicted octanol–water partition coefficient (Wildman–Crippen LogP) is 3.27. The van der Waals surface area contributed by atoms with Crippen molar-refractivity contribution in [2.75, 3.05) is 5.75 Å². The number of nitrogens with zero attached hydrogens (tertiary/aromatic N) is 1. The number of pyridine rings is 1. The first-order valence-corrected chi connectivity index (χ1v) is 6.38. The van der Waals surface area contributed by atoms with E-state index in [4.69, 9.17) is 0 Å². The molecule has 0 amide bonds. The van der Waals surface area contributed by atoms with Crippen molar-refractivity contribution < 1.29 is 5.11 Å². The molecule has 0 spiro atoms. The fourth-order valence-electron chi connectivity index (χ4n) is 1.11. The fraction of sp³-hybridized carbons (Fsp3) is 0.583. The van der Waals surface area contributed by atoms with Crippen LogP contribution in [0, 0.1) is 5.92 Å². The van der Waals surface area contributed by atoms with E-state index in [0.29, 0.717) is 5.92 Å². The second-order valence-electron chi connectivity index (χ2n) is 3.93. The fourth-order valence-corrected chi connectivity index (χ4v) is 2.15. The number of aromatic nitrogens is 1. The first kappa shape index (κ1) is 12.5. The summed E-state index contributed by atoms with van der Waals surface area (Å²) in [4.78, 5) is 4.28. The maximum atomic E-state index is 9.43. The lowest BCUT2D eigenvalue weighted by molar-refractivity contribution is 0.199. The first-order valence-electron chi connectivity index (χ1n) is 5.40. The van der Waals surface area contributed by atoms with Crippen molar-refractivity contribution in [1.82, 2.24) is 4.98 Å². The van der Waals surface area contributed by atoms with Crippen molar-refractivity contribution in [1.29, 1.82) is 0 Å². The highest BCUT2D eigenvalue weighted by Gasteiger charge is 2.05. The van der Waals surface area contributed by atoms with Gasteiger partial charge in [0.1, 0.15) is 0 Å². The van der Waals surface area contributed by atoms with Crippen LogP contribution in [0.25, 0.3) is 0 Å². The molecule has 15 heavy (non-hydrogen) atoms. The van der Waals surface area contributed by atoms with Gasteiger partial charge < -0.3 is 5.11 Å². The molecule has 1 N–H and O–H groups in total. The Hall–Kier alpha value is -0.540. The molecule has 0 fully saturated rings. The maximum absolute atomic E-state index is 9.43. The molecule has 0 aliphatic rings. The van der Waals surface area contributed by atoms with Gasteiger partial charge in [-0.2, -0.15) is 0 Å². The molecule has 0 aromatic carbocycles. The van der Waals surface area contributed by atoms with Gasteiger partial charge in [0.25, 0.3) is 0 Å². The molecule has 1 rings (SSSR count). The van der Waals surface area contributed by atoms with Crippen molar-refractivity contribution in [3.8, 4) is 0 Å². The standard InChI is InChI=1S/C12H19NOS/c1-4-9(2)8-15-12-7-11(10(3)14)5-6-13-12/h5-7,9-10,14H,4,8H2,1-3H3. The van der Waals surface area contributed by atoms with E-state index in [0.717, 1.165) is 16.3 Å². The second-order valence-corrected chi connectivity index (χ2v) is 4.97. The van der Waals surface area contributed by atoms with Gasteiger partial charge in [-0.15, -0.1) is 11.8 Å². The van der Waals surface area contributed by atoms with Crippen LogP contribution in [-0.4, -0.2) is 15.8 Å². The lowest BCUT2D eigenvalue weighted by Gasteiger charge is -2.09. The topological polar surface area (TPSA) is 33.1 Å². The van der Waals surface area contributed by atoms with Crippen LogP contribution in [0.4, 0.5) is 0 Å². The highest BCUT2D eigenvalue weighted by atomic mass is 32.2. The van der Waals surface area contributed by atoms with Crippen molar-refractivity contribution in [2.24, 2.45) is 5.92 Å². The Morgan fingerprint density at radius 3 is 2.80 bits per heavy atom. The predicted molar refractivity (Wildman–Crippen MR) is 65.0 cm³/mol. The van der Waals surface area contributed by atoms with Crippen molar-refractivity contribution in [3.05, 3.63) is 23.9 Å². The summed E-state index contributed by atoms with van der Waals surface area (Å²) < 4.78 is 0. The van der Waals surface area contributed by atoms with Crippen LogP contribution in [-0.2, 0) is 0 Å². The Labute approximate surface area is 96.1 Å². The Morgan fingerprint density at radius 1 is 1.47 bits per heavy atom. The monoisotopic (exact) mass is 225 g/mol. The molecular weight excluding hydrogens is 206 g/mol. The van der Waals surface area contributed by atoms with Crippen LogP contribution < -0.4 is 0 Å². The molecule has 0 radical (unpaired) electrons. The third kappa shape index (κ3) is 4.22. The molecule has 3 heteroatoms. The van der Waals surface area contributed by atoms with Gasteiger partial charge in [-0.25, -0.2) is 4.98 Å². The average molecular weight is 225 g/mol.